The van der Waals surface area contributed by atoms with Crippen molar-refractivity contribution in [2.24, 2.45) is 0 Å². The summed E-state index contributed by atoms with van der Waals surface area (Å²) in [6.45, 7) is 9.48. The lowest BCUT2D eigenvalue weighted by atomic mass is 9.75. The first-order chi connectivity index (χ1) is 9.56. The van der Waals surface area contributed by atoms with E-state index >= 15 is 0 Å². The van der Waals surface area contributed by atoms with E-state index in [1.54, 1.807) is 13.0 Å². The normalized spacial score (nSPS) is 25.2. The molecule has 1 aromatic rings. The Morgan fingerprint density at radius 2 is 1.57 bits per heavy atom. The van der Waals surface area contributed by atoms with Crippen LogP contribution in [0.1, 0.15) is 51.7 Å². The summed E-state index contributed by atoms with van der Waals surface area (Å²) in [5, 5.41) is 0. The predicted octanol–water partition coefficient (Wildman–Crippen LogP) is 3.39. The summed E-state index contributed by atoms with van der Waals surface area (Å²) in [4.78, 5) is 0. The molecular weight excluding hydrogens is 273 g/mol. The van der Waals surface area contributed by atoms with Gasteiger partial charge in [-0.25, -0.2) is 8.78 Å². The van der Waals surface area contributed by atoms with E-state index in [4.69, 9.17) is 9.31 Å². The summed E-state index contributed by atoms with van der Waals surface area (Å²) in [7, 11) is -0.751. The second kappa shape index (κ2) is 4.29. The predicted molar refractivity (Wildman–Crippen MR) is 78.9 cm³/mol. The topological polar surface area (TPSA) is 18.5 Å². The average Bonchev–Trinajstić information content (AvgIpc) is 3.01. The van der Waals surface area contributed by atoms with Crippen LogP contribution in [0.25, 0.3) is 0 Å². The minimum absolute atomic E-state index is 0.377. The quantitative estimate of drug-likeness (QED) is 0.778. The van der Waals surface area contributed by atoms with Gasteiger partial charge in [0.1, 0.15) is 11.5 Å². The molecule has 21 heavy (non-hydrogen) atoms. The lowest BCUT2D eigenvalue weighted by Crippen LogP contribution is -2.41. The van der Waals surface area contributed by atoms with E-state index < -0.39 is 29.8 Å². The number of hydrogen-bond donors (Lipinski definition) is 0. The minimum atomic E-state index is -1.33. The third-order valence-corrected chi connectivity index (χ3v) is 5.03. The van der Waals surface area contributed by atoms with Crippen molar-refractivity contribution in [3.63, 3.8) is 0 Å². The molecule has 1 aliphatic carbocycles. The van der Waals surface area contributed by atoms with Crippen LogP contribution in [0.3, 0.4) is 0 Å². The Balaban J connectivity index is 1.97. The summed E-state index contributed by atoms with van der Waals surface area (Å²) in [6, 6.07) is 3.01. The average molecular weight is 294 g/mol. The molecule has 0 atom stereocenters. The van der Waals surface area contributed by atoms with Gasteiger partial charge in [0.25, 0.3) is 0 Å². The second-order valence-electron chi connectivity index (χ2n) is 7.24. The maximum Gasteiger partial charge on any atom is 0.498 e. The SMILES string of the molecule is Cc1cc(C2(F)CC2)cc(F)c1B1OC(C)(C)C(C)(C)O1. The zero-order valence-electron chi connectivity index (χ0n) is 13.2. The second-order valence-corrected chi connectivity index (χ2v) is 7.24. The van der Waals surface area contributed by atoms with Crippen LogP contribution in [0, 0.1) is 12.7 Å². The lowest BCUT2D eigenvalue weighted by Gasteiger charge is -2.32. The Labute approximate surface area is 125 Å². The summed E-state index contributed by atoms with van der Waals surface area (Å²) in [5.41, 5.74) is -0.896. The molecule has 1 saturated heterocycles. The van der Waals surface area contributed by atoms with Crippen molar-refractivity contribution in [3.8, 4) is 0 Å². The van der Waals surface area contributed by atoms with E-state index in [9.17, 15) is 8.78 Å². The van der Waals surface area contributed by atoms with Crippen LogP contribution in [0.15, 0.2) is 12.1 Å². The van der Waals surface area contributed by atoms with Crippen molar-refractivity contribution in [3.05, 3.63) is 29.1 Å². The first kappa shape index (κ1) is 15.0. The van der Waals surface area contributed by atoms with Gasteiger partial charge in [-0.05, 0) is 64.7 Å². The number of hydrogen-bond acceptors (Lipinski definition) is 2. The van der Waals surface area contributed by atoms with Gasteiger partial charge in [0.2, 0.25) is 0 Å². The van der Waals surface area contributed by atoms with E-state index in [2.05, 4.69) is 0 Å². The number of aryl methyl sites for hydroxylation is 1. The van der Waals surface area contributed by atoms with Crippen molar-refractivity contribution in [2.75, 3.05) is 0 Å². The first-order valence-electron chi connectivity index (χ1n) is 7.41. The standard InChI is InChI=1S/C16H21BF2O2/c1-10-8-11(16(19)6-7-16)9-12(18)13(10)17-20-14(2,3)15(4,5)21-17/h8-9H,6-7H2,1-5H3. The van der Waals surface area contributed by atoms with Crippen LogP contribution >= 0.6 is 0 Å². The van der Waals surface area contributed by atoms with Gasteiger partial charge in [0, 0.05) is 5.46 Å². The molecule has 2 nitrogen and oxygen atoms in total. The maximum absolute atomic E-state index is 14.5. The van der Waals surface area contributed by atoms with Crippen LogP contribution in [0.2, 0.25) is 0 Å². The molecular formula is C16H21BF2O2. The van der Waals surface area contributed by atoms with Crippen LogP contribution < -0.4 is 5.46 Å². The fourth-order valence-corrected chi connectivity index (χ4v) is 2.67. The minimum Gasteiger partial charge on any atom is -0.399 e. The molecule has 0 amide bonds. The number of benzene rings is 1. The number of rotatable bonds is 2. The third-order valence-electron chi connectivity index (χ3n) is 5.03. The Bertz CT molecular complexity index is 555. The summed E-state index contributed by atoms with van der Waals surface area (Å²) in [6.07, 6.45) is 0.948. The van der Waals surface area contributed by atoms with Gasteiger partial charge in [-0.1, -0.05) is 6.07 Å². The Hall–Kier alpha value is -0.935. The highest BCUT2D eigenvalue weighted by Gasteiger charge is 2.53. The number of halogens is 2. The smallest absolute Gasteiger partial charge is 0.399 e. The van der Waals surface area contributed by atoms with Crippen LogP contribution in [-0.2, 0) is 15.0 Å². The monoisotopic (exact) mass is 294 g/mol. The fraction of sp³-hybridized carbons (Fsp3) is 0.625. The van der Waals surface area contributed by atoms with Gasteiger partial charge in [-0.3, -0.25) is 0 Å². The molecule has 114 valence electrons. The highest BCUT2D eigenvalue weighted by atomic mass is 19.1. The zero-order valence-corrected chi connectivity index (χ0v) is 13.2. The molecule has 0 unspecified atom stereocenters. The Kier molecular flexibility index (Phi) is 3.06. The van der Waals surface area contributed by atoms with Gasteiger partial charge < -0.3 is 9.31 Å². The fourth-order valence-electron chi connectivity index (χ4n) is 2.67. The molecule has 2 aliphatic rings. The molecule has 5 heteroatoms. The van der Waals surface area contributed by atoms with E-state index in [0.29, 0.717) is 29.4 Å². The van der Waals surface area contributed by atoms with Crippen molar-refractivity contribution in [2.45, 2.75) is 64.3 Å². The van der Waals surface area contributed by atoms with Crippen LogP contribution in [-0.4, -0.2) is 18.3 Å². The summed E-state index contributed by atoms with van der Waals surface area (Å²) in [5.74, 6) is -0.451. The third kappa shape index (κ3) is 2.31. The van der Waals surface area contributed by atoms with Crippen molar-refractivity contribution >= 4 is 12.6 Å². The van der Waals surface area contributed by atoms with Gasteiger partial charge >= 0.3 is 7.12 Å². The molecule has 0 spiro atoms. The van der Waals surface area contributed by atoms with E-state index in [0.717, 1.165) is 0 Å². The molecule has 2 fully saturated rings. The van der Waals surface area contributed by atoms with Gasteiger partial charge in [-0.2, -0.15) is 0 Å². The van der Waals surface area contributed by atoms with Crippen molar-refractivity contribution in [1.29, 1.82) is 0 Å². The molecule has 1 saturated carbocycles. The van der Waals surface area contributed by atoms with E-state index in [-0.39, 0.29) is 0 Å². The van der Waals surface area contributed by atoms with Gasteiger partial charge in [0.05, 0.1) is 11.2 Å². The molecule has 0 aromatic heterocycles. The first-order valence-corrected chi connectivity index (χ1v) is 7.41. The Morgan fingerprint density at radius 1 is 1.05 bits per heavy atom. The zero-order chi connectivity index (χ0) is 15.6. The van der Waals surface area contributed by atoms with Crippen LogP contribution in [0.5, 0.6) is 0 Å². The maximum atomic E-state index is 14.5. The van der Waals surface area contributed by atoms with Gasteiger partial charge in [0.15, 0.2) is 0 Å². The van der Waals surface area contributed by atoms with Gasteiger partial charge in [-0.15, -0.1) is 0 Å². The highest BCUT2D eigenvalue weighted by molar-refractivity contribution is 6.62. The molecule has 3 rings (SSSR count). The van der Waals surface area contributed by atoms with Crippen LogP contribution in [0.4, 0.5) is 8.78 Å². The molecule has 1 aromatic carbocycles. The van der Waals surface area contributed by atoms with E-state index in [1.807, 2.05) is 27.7 Å². The lowest BCUT2D eigenvalue weighted by molar-refractivity contribution is 0.00578. The number of alkyl halides is 1. The molecule has 1 aliphatic heterocycles. The Morgan fingerprint density at radius 3 is 2.00 bits per heavy atom. The highest BCUT2D eigenvalue weighted by Crippen LogP contribution is 2.49. The van der Waals surface area contributed by atoms with Crippen molar-refractivity contribution < 1.29 is 18.1 Å². The largest absolute Gasteiger partial charge is 0.498 e. The molecule has 0 radical (unpaired) electrons. The summed E-state index contributed by atoms with van der Waals surface area (Å²) >= 11 is 0. The molecule has 0 bridgehead atoms. The molecule has 0 N–H and O–H groups in total. The van der Waals surface area contributed by atoms with Crippen molar-refractivity contribution in [1.82, 2.24) is 0 Å². The summed E-state index contributed by atoms with van der Waals surface area (Å²) < 4.78 is 40.4. The molecule has 1 heterocycles. The van der Waals surface area contributed by atoms with E-state index in [1.165, 1.54) is 6.07 Å².